The normalized spacial score (nSPS) is 22.9. The lowest BCUT2D eigenvalue weighted by atomic mass is 9.74. The molecule has 0 fully saturated rings. The Morgan fingerprint density at radius 3 is 2.82 bits per heavy atom. The van der Waals surface area contributed by atoms with E-state index in [2.05, 4.69) is 6.92 Å². The molecular formula is C16H14Cl2O4. The monoisotopic (exact) mass is 340 g/mol. The van der Waals surface area contributed by atoms with Crippen LogP contribution in [-0.4, -0.2) is 23.5 Å². The molecule has 1 unspecified atom stereocenters. The number of carbonyl (C=O) groups excluding carboxylic acids is 1. The molecule has 116 valence electrons. The molecule has 2 aliphatic rings. The van der Waals surface area contributed by atoms with Crippen LogP contribution in [0.1, 0.15) is 30.9 Å². The second-order valence-electron chi connectivity index (χ2n) is 5.98. The molecule has 22 heavy (non-hydrogen) atoms. The molecule has 0 radical (unpaired) electrons. The number of allylic oxidation sites excluding steroid dienone is 2. The molecule has 1 aromatic carbocycles. The predicted octanol–water partition coefficient (Wildman–Crippen LogP) is 3.77. The first-order valence-corrected chi connectivity index (χ1v) is 7.68. The van der Waals surface area contributed by atoms with Gasteiger partial charge in [-0.15, -0.1) is 0 Å². The second-order valence-corrected chi connectivity index (χ2v) is 6.74. The average molecular weight is 341 g/mol. The van der Waals surface area contributed by atoms with Crippen LogP contribution < -0.4 is 4.74 Å². The molecule has 0 heterocycles. The lowest BCUT2D eigenvalue weighted by Crippen LogP contribution is -2.21. The smallest absolute Gasteiger partial charge is 0.341 e. The summed E-state index contributed by atoms with van der Waals surface area (Å²) < 4.78 is 5.21. The Balaban J connectivity index is 2.09. The molecule has 6 heteroatoms. The zero-order valence-electron chi connectivity index (χ0n) is 11.9. The number of ether oxygens (including phenoxy) is 1. The number of halogens is 2. The molecule has 0 aliphatic heterocycles. The molecule has 0 spiro atoms. The highest BCUT2D eigenvalue weighted by Gasteiger charge is 2.42. The third-order valence-corrected chi connectivity index (χ3v) is 5.18. The molecule has 2 aliphatic carbocycles. The van der Waals surface area contributed by atoms with Crippen molar-refractivity contribution < 1.29 is 19.4 Å². The maximum Gasteiger partial charge on any atom is 0.341 e. The topological polar surface area (TPSA) is 63.6 Å². The van der Waals surface area contributed by atoms with E-state index in [1.165, 1.54) is 0 Å². The summed E-state index contributed by atoms with van der Waals surface area (Å²) in [6.45, 7) is 1.63. The fraction of sp³-hybridized carbons (Fsp3) is 0.375. The Labute approximate surface area is 137 Å². The van der Waals surface area contributed by atoms with Gasteiger partial charge in [-0.1, -0.05) is 30.1 Å². The van der Waals surface area contributed by atoms with E-state index in [4.69, 9.17) is 33.0 Å². The Hall–Kier alpha value is -1.52. The summed E-state index contributed by atoms with van der Waals surface area (Å²) in [6.07, 6.45) is 3.70. The van der Waals surface area contributed by atoms with Crippen LogP contribution in [-0.2, 0) is 16.0 Å². The molecule has 1 atom stereocenters. The number of aliphatic carboxylic acids is 1. The number of carboxylic acids is 1. The van der Waals surface area contributed by atoms with E-state index in [9.17, 15) is 9.59 Å². The molecule has 0 aromatic heterocycles. The van der Waals surface area contributed by atoms with Gasteiger partial charge in [0, 0.05) is 12.0 Å². The summed E-state index contributed by atoms with van der Waals surface area (Å²) in [7, 11) is 0. The number of ketones is 1. The van der Waals surface area contributed by atoms with Gasteiger partial charge in [-0.2, -0.15) is 0 Å². The van der Waals surface area contributed by atoms with Gasteiger partial charge in [0.2, 0.25) is 0 Å². The van der Waals surface area contributed by atoms with Crippen LogP contribution in [0.5, 0.6) is 5.75 Å². The van der Waals surface area contributed by atoms with Crippen LogP contribution in [0.3, 0.4) is 0 Å². The number of hydrogen-bond donors (Lipinski definition) is 1. The van der Waals surface area contributed by atoms with E-state index in [1.807, 2.05) is 0 Å². The summed E-state index contributed by atoms with van der Waals surface area (Å²) in [5, 5.41) is 9.23. The van der Waals surface area contributed by atoms with Crippen molar-refractivity contribution in [2.24, 2.45) is 5.41 Å². The van der Waals surface area contributed by atoms with E-state index in [1.54, 1.807) is 12.1 Å². The molecule has 4 nitrogen and oxygen atoms in total. The van der Waals surface area contributed by atoms with Gasteiger partial charge in [-0.05, 0) is 41.5 Å². The highest BCUT2D eigenvalue weighted by Crippen LogP contribution is 2.55. The summed E-state index contributed by atoms with van der Waals surface area (Å²) in [5.74, 6) is -0.720. The van der Waals surface area contributed by atoms with Gasteiger partial charge in [-0.3, -0.25) is 4.79 Å². The maximum atomic E-state index is 11.8. The second kappa shape index (κ2) is 5.28. The third-order valence-electron chi connectivity index (χ3n) is 4.33. The SMILES string of the molecule is CC12CCC(=O)C=C1c1c(cc(OCC(=O)O)c(Cl)c1Cl)C2. The van der Waals surface area contributed by atoms with Crippen LogP contribution in [0, 0.1) is 5.41 Å². The third kappa shape index (κ3) is 2.40. The number of carbonyl (C=O) groups is 2. The highest BCUT2D eigenvalue weighted by molar-refractivity contribution is 6.44. The maximum absolute atomic E-state index is 11.8. The number of hydrogen-bond acceptors (Lipinski definition) is 3. The first-order valence-electron chi connectivity index (χ1n) is 6.93. The number of benzene rings is 1. The molecular weight excluding hydrogens is 327 g/mol. The summed E-state index contributed by atoms with van der Waals surface area (Å²) in [6, 6.07) is 1.74. The van der Waals surface area contributed by atoms with E-state index in [0.29, 0.717) is 11.4 Å². The molecule has 0 bridgehead atoms. The van der Waals surface area contributed by atoms with Crippen molar-refractivity contribution in [2.45, 2.75) is 26.2 Å². The summed E-state index contributed by atoms with van der Waals surface area (Å²) in [5.41, 5.74) is 2.54. The Morgan fingerprint density at radius 2 is 2.14 bits per heavy atom. The minimum Gasteiger partial charge on any atom is -0.480 e. The van der Waals surface area contributed by atoms with Gasteiger partial charge in [0.1, 0.15) is 10.8 Å². The van der Waals surface area contributed by atoms with Gasteiger partial charge in [0.05, 0.1) is 5.02 Å². The first-order chi connectivity index (χ1) is 10.3. The predicted molar refractivity (Wildman–Crippen MR) is 83.6 cm³/mol. The fourth-order valence-electron chi connectivity index (χ4n) is 3.25. The van der Waals surface area contributed by atoms with Crippen LogP contribution in [0.4, 0.5) is 0 Å². The van der Waals surface area contributed by atoms with Crippen molar-refractivity contribution in [3.05, 3.63) is 33.3 Å². The molecule has 0 amide bonds. The van der Waals surface area contributed by atoms with E-state index in [0.717, 1.165) is 29.5 Å². The zero-order chi connectivity index (χ0) is 16.1. The average Bonchev–Trinajstić information content (AvgIpc) is 2.73. The number of carboxylic acid groups (broad SMARTS) is 1. The first kappa shape index (κ1) is 15.4. The lowest BCUT2D eigenvalue weighted by Gasteiger charge is -2.29. The Kier molecular flexibility index (Phi) is 3.69. The van der Waals surface area contributed by atoms with Gasteiger partial charge in [0.25, 0.3) is 0 Å². The molecule has 0 saturated heterocycles. The molecule has 0 saturated carbocycles. The highest BCUT2D eigenvalue weighted by atomic mass is 35.5. The van der Waals surface area contributed by atoms with Crippen molar-refractivity contribution in [2.75, 3.05) is 6.61 Å². The summed E-state index contributed by atoms with van der Waals surface area (Å²) >= 11 is 12.6. The van der Waals surface area contributed by atoms with Crippen molar-refractivity contribution in [1.82, 2.24) is 0 Å². The van der Waals surface area contributed by atoms with Gasteiger partial charge in [0.15, 0.2) is 12.4 Å². The molecule has 1 N–H and O–H groups in total. The summed E-state index contributed by atoms with van der Waals surface area (Å²) in [4.78, 5) is 22.4. The number of rotatable bonds is 3. The lowest BCUT2D eigenvalue weighted by molar-refractivity contribution is -0.139. The minimum atomic E-state index is -1.08. The Bertz CT molecular complexity index is 723. The van der Waals surface area contributed by atoms with Crippen LogP contribution in [0.25, 0.3) is 5.57 Å². The number of fused-ring (bicyclic) bond motifs is 3. The largest absolute Gasteiger partial charge is 0.480 e. The van der Waals surface area contributed by atoms with E-state index < -0.39 is 12.6 Å². The van der Waals surface area contributed by atoms with Crippen molar-refractivity contribution in [3.8, 4) is 5.75 Å². The quantitative estimate of drug-likeness (QED) is 0.909. The zero-order valence-corrected chi connectivity index (χ0v) is 13.4. The van der Waals surface area contributed by atoms with Crippen LogP contribution in [0.15, 0.2) is 12.1 Å². The van der Waals surface area contributed by atoms with Crippen molar-refractivity contribution >= 4 is 40.5 Å². The van der Waals surface area contributed by atoms with Crippen molar-refractivity contribution in [1.29, 1.82) is 0 Å². The fourth-order valence-corrected chi connectivity index (χ4v) is 3.77. The van der Waals surface area contributed by atoms with Crippen LogP contribution in [0.2, 0.25) is 10.0 Å². The Morgan fingerprint density at radius 1 is 1.41 bits per heavy atom. The van der Waals surface area contributed by atoms with E-state index in [-0.39, 0.29) is 22.0 Å². The van der Waals surface area contributed by atoms with Crippen LogP contribution >= 0.6 is 23.2 Å². The molecule has 3 rings (SSSR count). The van der Waals surface area contributed by atoms with Gasteiger partial charge >= 0.3 is 5.97 Å². The van der Waals surface area contributed by atoms with Crippen molar-refractivity contribution in [3.63, 3.8) is 0 Å². The van der Waals surface area contributed by atoms with E-state index >= 15 is 0 Å². The standard InChI is InChI=1S/C16H14Cl2O4/c1-16-3-2-9(19)5-10(16)13-8(6-16)4-11(14(17)15(13)18)22-7-12(20)21/h4-5H,2-3,6-7H2,1H3,(H,20,21). The van der Waals surface area contributed by atoms with Gasteiger partial charge < -0.3 is 9.84 Å². The molecule has 1 aromatic rings. The van der Waals surface area contributed by atoms with Gasteiger partial charge in [-0.25, -0.2) is 4.79 Å². The minimum absolute atomic E-state index is 0.0960.